The highest BCUT2D eigenvalue weighted by Gasteiger charge is 2.45. The lowest BCUT2D eigenvalue weighted by molar-refractivity contribution is -0.142. The van der Waals surface area contributed by atoms with Crippen molar-refractivity contribution in [2.75, 3.05) is 0 Å². The summed E-state index contributed by atoms with van der Waals surface area (Å²) < 4.78 is 4.72. The first-order chi connectivity index (χ1) is 7.61. The van der Waals surface area contributed by atoms with Crippen molar-refractivity contribution in [3.05, 3.63) is 35.9 Å². The Bertz CT molecular complexity index is 449. The Hall–Kier alpha value is -1.97. The first kappa shape index (κ1) is 10.5. The predicted octanol–water partition coefficient (Wildman–Crippen LogP) is 1.000. The lowest BCUT2D eigenvalue weighted by atomic mass is 9.94. The second-order valence-corrected chi connectivity index (χ2v) is 3.64. The number of benzene rings is 1. The average molecular weight is 218 g/mol. The first-order valence-electron chi connectivity index (χ1n) is 4.94. The molecule has 0 aromatic heterocycles. The normalized spacial score (nSPS) is 24.3. The SMILES string of the molecule is CC1OC(=O)C(C(=O)c2ccccc2)C1=O. The molecule has 0 radical (unpaired) electrons. The maximum atomic E-state index is 11.9. The molecule has 1 aliphatic rings. The van der Waals surface area contributed by atoms with Gasteiger partial charge in [0, 0.05) is 5.56 Å². The Balaban J connectivity index is 2.30. The minimum Gasteiger partial charge on any atom is -0.454 e. The van der Waals surface area contributed by atoms with Crippen molar-refractivity contribution in [2.24, 2.45) is 5.92 Å². The van der Waals surface area contributed by atoms with Gasteiger partial charge in [0.05, 0.1) is 0 Å². The predicted molar refractivity (Wildman–Crippen MR) is 54.8 cm³/mol. The second kappa shape index (κ2) is 3.89. The van der Waals surface area contributed by atoms with Gasteiger partial charge in [-0.15, -0.1) is 0 Å². The van der Waals surface area contributed by atoms with Crippen LogP contribution in [0.5, 0.6) is 0 Å². The van der Waals surface area contributed by atoms with Crippen molar-refractivity contribution >= 4 is 17.5 Å². The molecule has 82 valence electrons. The molecule has 1 aromatic carbocycles. The number of hydrogen-bond acceptors (Lipinski definition) is 4. The fourth-order valence-corrected chi connectivity index (χ4v) is 1.66. The summed E-state index contributed by atoms with van der Waals surface area (Å²) in [6.07, 6.45) is -0.815. The largest absolute Gasteiger partial charge is 0.454 e. The van der Waals surface area contributed by atoms with E-state index in [1.807, 2.05) is 0 Å². The van der Waals surface area contributed by atoms with E-state index in [0.29, 0.717) is 5.56 Å². The summed E-state index contributed by atoms with van der Waals surface area (Å²) in [5.41, 5.74) is 0.354. The van der Waals surface area contributed by atoms with Gasteiger partial charge in [0.25, 0.3) is 0 Å². The van der Waals surface area contributed by atoms with Crippen LogP contribution in [0.4, 0.5) is 0 Å². The average Bonchev–Trinajstić information content (AvgIpc) is 2.54. The highest BCUT2D eigenvalue weighted by atomic mass is 16.6. The zero-order chi connectivity index (χ0) is 11.7. The third-order valence-corrected chi connectivity index (χ3v) is 2.53. The smallest absolute Gasteiger partial charge is 0.325 e. The van der Waals surface area contributed by atoms with E-state index in [-0.39, 0.29) is 0 Å². The third kappa shape index (κ3) is 1.62. The van der Waals surface area contributed by atoms with Crippen molar-refractivity contribution in [2.45, 2.75) is 13.0 Å². The van der Waals surface area contributed by atoms with Crippen LogP contribution in [0.25, 0.3) is 0 Å². The molecule has 2 rings (SSSR count). The Morgan fingerprint density at radius 2 is 1.81 bits per heavy atom. The van der Waals surface area contributed by atoms with Crippen molar-refractivity contribution in [1.29, 1.82) is 0 Å². The summed E-state index contributed by atoms with van der Waals surface area (Å²) in [5, 5.41) is 0. The zero-order valence-electron chi connectivity index (χ0n) is 8.67. The number of ether oxygens (including phenoxy) is 1. The van der Waals surface area contributed by atoms with E-state index in [0.717, 1.165) is 0 Å². The van der Waals surface area contributed by atoms with Gasteiger partial charge in [0.15, 0.2) is 23.6 Å². The van der Waals surface area contributed by atoms with Gasteiger partial charge in [-0.1, -0.05) is 30.3 Å². The number of rotatable bonds is 2. The van der Waals surface area contributed by atoms with Crippen LogP contribution in [0.2, 0.25) is 0 Å². The molecular formula is C12H10O4. The number of esters is 1. The van der Waals surface area contributed by atoms with Crippen LogP contribution in [-0.4, -0.2) is 23.6 Å². The number of cyclic esters (lactones) is 1. The van der Waals surface area contributed by atoms with E-state index in [1.165, 1.54) is 6.92 Å². The van der Waals surface area contributed by atoms with Crippen LogP contribution in [0.3, 0.4) is 0 Å². The standard InChI is InChI=1S/C12H10O4/c1-7-10(13)9(12(15)16-7)11(14)8-5-3-2-4-6-8/h2-7,9H,1H3. The molecule has 2 unspecified atom stereocenters. The lowest BCUT2D eigenvalue weighted by Crippen LogP contribution is -2.27. The van der Waals surface area contributed by atoms with Crippen molar-refractivity contribution in [3.63, 3.8) is 0 Å². The first-order valence-corrected chi connectivity index (χ1v) is 4.94. The van der Waals surface area contributed by atoms with E-state index >= 15 is 0 Å². The van der Waals surface area contributed by atoms with Gasteiger partial charge in [-0.2, -0.15) is 0 Å². The molecule has 0 bridgehead atoms. The van der Waals surface area contributed by atoms with Crippen LogP contribution in [0.15, 0.2) is 30.3 Å². The fraction of sp³-hybridized carbons (Fsp3) is 0.250. The van der Waals surface area contributed by atoms with Gasteiger partial charge in [0.1, 0.15) is 0 Å². The summed E-state index contributed by atoms with van der Waals surface area (Å²) in [4.78, 5) is 34.8. The monoisotopic (exact) mass is 218 g/mol. The van der Waals surface area contributed by atoms with Crippen LogP contribution >= 0.6 is 0 Å². The molecule has 4 heteroatoms. The summed E-state index contributed by atoms with van der Waals surface area (Å²) in [6, 6.07) is 8.27. The molecule has 0 N–H and O–H groups in total. The highest BCUT2D eigenvalue weighted by molar-refractivity contribution is 6.25. The summed E-state index contributed by atoms with van der Waals surface area (Å²) >= 11 is 0. The number of ketones is 2. The van der Waals surface area contributed by atoms with Crippen LogP contribution < -0.4 is 0 Å². The van der Waals surface area contributed by atoms with Crippen molar-refractivity contribution < 1.29 is 19.1 Å². The molecule has 16 heavy (non-hydrogen) atoms. The number of hydrogen-bond donors (Lipinski definition) is 0. The number of carbonyl (C=O) groups excluding carboxylic acids is 3. The van der Waals surface area contributed by atoms with Gasteiger partial charge < -0.3 is 4.74 Å². The Labute approximate surface area is 92.2 Å². The molecule has 1 heterocycles. The van der Waals surface area contributed by atoms with E-state index < -0.39 is 29.6 Å². The molecule has 0 saturated carbocycles. The van der Waals surface area contributed by atoms with E-state index in [2.05, 4.69) is 0 Å². The van der Waals surface area contributed by atoms with Gasteiger partial charge in [-0.05, 0) is 6.92 Å². The second-order valence-electron chi connectivity index (χ2n) is 3.64. The third-order valence-electron chi connectivity index (χ3n) is 2.53. The summed E-state index contributed by atoms with van der Waals surface area (Å²) in [5.74, 6) is -2.97. The van der Waals surface area contributed by atoms with Gasteiger partial charge in [-0.3, -0.25) is 14.4 Å². The molecule has 0 spiro atoms. The van der Waals surface area contributed by atoms with E-state index in [9.17, 15) is 14.4 Å². The van der Waals surface area contributed by atoms with E-state index in [4.69, 9.17) is 4.74 Å². The maximum Gasteiger partial charge on any atom is 0.325 e. The zero-order valence-corrected chi connectivity index (χ0v) is 8.67. The van der Waals surface area contributed by atoms with E-state index in [1.54, 1.807) is 30.3 Å². The molecule has 1 saturated heterocycles. The minimum absolute atomic E-state index is 0.354. The highest BCUT2D eigenvalue weighted by Crippen LogP contribution is 2.21. The quantitative estimate of drug-likeness (QED) is 0.422. The van der Waals surface area contributed by atoms with Crippen LogP contribution in [0.1, 0.15) is 17.3 Å². The number of carbonyl (C=O) groups is 3. The molecule has 2 atom stereocenters. The lowest BCUT2D eigenvalue weighted by Gasteiger charge is -2.02. The molecule has 0 aliphatic carbocycles. The molecule has 4 nitrogen and oxygen atoms in total. The van der Waals surface area contributed by atoms with Crippen molar-refractivity contribution in [3.8, 4) is 0 Å². The maximum absolute atomic E-state index is 11.9. The van der Waals surface area contributed by atoms with Gasteiger partial charge >= 0.3 is 5.97 Å². The molecule has 0 amide bonds. The van der Waals surface area contributed by atoms with Gasteiger partial charge in [-0.25, -0.2) is 0 Å². The Morgan fingerprint density at radius 3 is 2.31 bits per heavy atom. The van der Waals surface area contributed by atoms with Crippen LogP contribution in [-0.2, 0) is 14.3 Å². The molecule has 1 aromatic rings. The Morgan fingerprint density at radius 1 is 1.19 bits per heavy atom. The minimum atomic E-state index is -1.28. The summed E-state index contributed by atoms with van der Waals surface area (Å²) in [6.45, 7) is 1.47. The van der Waals surface area contributed by atoms with Crippen LogP contribution in [0, 0.1) is 5.92 Å². The fourth-order valence-electron chi connectivity index (χ4n) is 1.66. The van der Waals surface area contributed by atoms with Gasteiger partial charge in [0.2, 0.25) is 0 Å². The molecular weight excluding hydrogens is 208 g/mol. The summed E-state index contributed by atoms with van der Waals surface area (Å²) in [7, 11) is 0. The molecule has 1 fully saturated rings. The number of Topliss-reactive ketones (excluding diaryl/α,β-unsaturated/α-hetero) is 2. The Kier molecular flexibility index (Phi) is 2.56. The topological polar surface area (TPSA) is 60.4 Å². The molecule has 1 aliphatic heterocycles. The van der Waals surface area contributed by atoms with Crippen molar-refractivity contribution in [1.82, 2.24) is 0 Å².